The molecule has 19 heavy (non-hydrogen) atoms. The summed E-state index contributed by atoms with van der Waals surface area (Å²) < 4.78 is 4.62. The molecule has 0 aromatic heterocycles. The van der Waals surface area contributed by atoms with Gasteiger partial charge in [-0.1, -0.05) is 0 Å². The fraction of sp³-hybridized carbons (Fsp3) is 0.167. The van der Waals surface area contributed by atoms with Gasteiger partial charge >= 0.3 is 11.9 Å². The van der Waals surface area contributed by atoms with Crippen LogP contribution in [0.25, 0.3) is 0 Å². The van der Waals surface area contributed by atoms with E-state index in [9.17, 15) is 9.59 Å². The van der Waals surface area contributed by atoms with E-state index in [2.05, 4.69) is 15.3 Å². The molecule has 7 nitrogen and oxygen atoms in total. The van der Waals surface area contributed by atoms with Crippen molar-refractivity contribution in [2.75, 3.05) is 12.0 Å². The number of benzene rings is 1. The highest BCUT2D eigenvalue weighted by molar-refractivity contribution is 6.43. The number of nitrogens with zero attached hydrogens (tertiary/aromatic N) is 2. The third kappa shape index (κ3) is 4.12. The van der Waals surface area contributed by atoms with E-state index in [4.69, 9.17) is 10.4 Å². The van der Waals surface area contributed by atoms with E-state index in [-0.39, 0.29) is 12.2 Å². The van der Waals surface area contributed by atoms with Crippen LogP contribution in [-0.4, -0.2) is 29.4 Å². The molecule has 0 aliphatic heterocycles. The van der Waals surface area contributed by atoms with Crippen LogP contribution >= 0.6 is 0 Å². The van der Waals surface area contributed by atoms with Gasteiger partial charge in [-0.3, -0.25) is 5.43 Å². The predicted octanol–water partition coefficient (Wildman–Crippen LogP) is 1.24. The van der Waals surface area contributed by atoms with Crippen LogP contribution in [0.15, 0.2) is 29.4 Å². The summed E-state index contributed by atoms with van der Waals surface area (Å²) in [6.45, 7) is 1.76. The number of carboxylic acids is 1. The summed E-state index contributed by atoms with van der Waals surface area (Å²) in [7, 11) is 0. The molecule has 2 N–H and O–H groups in total. The number of esters is 1. The monoisotopic (exact) mass is 261 g/mol. The summed E-state index contributed by atoms with van der Waals surface area (Å²) in [6.07, 6.45) is 0. The molecule has 7 heteroatoms. The molecule has 0 saturated heterocycles. The van der Waals surface area contributed by atoms with Crippen molar-refractivity contribution in [1.29, 1.82) is 5.26 Å². The lowest BCUT2D eigenvalue weighted by molar-refractivity contribution is -0.134. The highest BCUT2D eigenvalue weighted by Crippen LogP contribution is 2.09. The minimum absolute atomic E-state index is 0.125. The zero-order chi connectivity index (χ0) is 14.3. The number of nitrogens with one attached hydrogen (secondary N) is 1. The minimum atomic E-state index is -1.04. The molecule has 0 saturated carbocycles. The molecule has 0 unspecified atom stereocenters. The SMILES string of the molecule is CCOC(=O)C(C#N)=NNc1ccc(C(=O)O)cc1. The number of carbonyl (C=O) groups excluding carboxylic acids is 1. The predicted molar refractivity (Wildman–Crippen MR) is 66.7 cm³/mol. The summed E-state index contributed by atoms with van der Waals surface area (Å²) in [4.78, 5) is 21.9. The van der Waals surface area contributed by atoms with Crippen molar-refractivity contribution >= 4 is 23.3 Å². The van der Waals surface area contributed by atoms with E-state index >= 15 is 0 Å². The first-order chi connectivity index (χ1) is 9.08. The number of carbonyl (C=O) groups is 2. The second-order valence-corrected chi connectivity index (χ2v) is 3.29. The fourth-order valence-corrected chi connectivity index (χ4v) is 1.12. The Bertz CT molecular complexity index is 543. The Morgan fingerprint density at radius 3 is 2.53 bits per heavy atom. The summed E-state index contributed by atoms with van der Waals surface area (Å²) in [5, 5.41) is 21.0. The van der Waals surface area contributed by atoms with Crippen LogP contribution in [0, 0.1) is 11.3 Å². The molecule has 0 radical (unpaired) electrons. The Morgan fingerprint density at radius 2 is 2.05 bits per heavy atom. The van der Waals surface area contributed by atoms with Crippen LogP contribution in [-0.2, 0) is 9.53 Å². The van der Waals surface area contributed by atoms with Gasteiger partial charge in [0.25, 0.3) is 0 Å². The van der Waals surface area contributed by atoms with Crippen LogP contribution in [0.4, 0.5) is 5.69 Å². The van der Waals surface area contributed by atoms with Gasteiger partial charge in [0.15, 0.2) is 0 Å². The van der Waals surface area contributed by atoms with Crippen molar-refractivity contribution in [2.45, 2.75) is 6.92 Å². The van der Waals surface area contributed by atoms with E-state index in [1.165, 1.54) is 24.3 Å². The minimum Gasteiger partial charge on any atom is -0.478 e. The average Bonchev–Trinajstić information content (AvgIpc) is 2.40. The summed E-state index contributed by atoms with van der Waals surface area (Å²) in [6, 6.07) is 7.28. The van der Waals surface area contributed by atoms with Gasteiger partial charge in [-0.15, -0.1) is 0 Å². The zero-order valence-corrected chi connectivity index (χ0v) is 10.1. The lowest BCUT2D eigenvalue weighted by Crippen LogP contribution is -2.17. The van der Waals surface area contributed by atoms with Crippen molar-refractivity contribution in [2.24, 2.45) is 5.10 Å². The zero-order valence-electron chi connectivity index (χ0n) is 10.1. The van der Waals surface area contributed by atoms with Crippen LogP contribution in [0.5, 0.6) is 0 Å². The van der Waals surface area contributed by atoms with Gasteiger partial charge in [-0.25, -0.2) is 9.59 Å². The number of anilines is 1. The van der Waals surface area contributed by atoms with E-state index in [1.807, 2.05) is 0 Å². The smallest absolute Gasteiger partial charge is 0.369 e. The van der Waals surface area contributed by atoms with E-state index in [1.54, 1.807) is 13.0 Å². The third-order valence-corrected chi connectivity index (χ3v) is 2.00. The Morgan fingerprint density at radius 1 is 1.42 bits per heavy atom. The lowest BCUT2D eigenvalue weighted by Gasteiger charge is -2.02. The number of hydrazone groups is 1. The van der Waals surface area contributed by atoms with Gasteiger partial charge in [0.05, 0.1) is 17.9 Å². The summed E-state index contributed by atoms with van der Waals surface area (Å²) in [5.74, 6) is -1.86. The average molecular weight is 261 g/mol. The highest BCUT2D eigenvalue weighted by atomic mass is 16.5. The maximum Gasteiger partial charge on any atom is 0.369 e. The summed E-state index contributed by atoms with van der Waals surface area (Å²) in [5.41, 5.74) is 2.63. The van der Waals surface area contributed by atoms with Crippen molar-refractivity contribution in [3.63, 3.8) is 0 Å². The van der Waals surface area contributed by atoms with Crippen molar-refractivity contribution in [3.05, 3.63) is 29.8 Å². The third-order valence-electron chi connectivity index (χ3n) is 2.00. The van der Waals surface area contributed by atoms with Gasteiger partial charge < -0.3 is 9.84 Å². The molecule has 0 spiro atoms. The molecule has 0 aliphatic rings. The molecular weight excluding hydrogens is 250 g/mol. The molecule has 0 aliphatic carbocycles. The van der Waals surface area contributed by atoms with E-state index in [0.29, 0.717) is 5.69 Å². The molecule has 0 amide bonds. The Kier molecular flexibility index (Phi) is 5.04. The number of ether oxygens (including phenoxy) is 1. The Balaban J connectivity index is 2.76. The molecule has 1 aromatic rings. The first-order valence-corrected chi connectivity index (χ1v) is 5.32. The van der Waals surface area contributed by atoms with E-state index in [0.717, 1.165) is 0 Å². The molecule has 0 atom stereocenters. The van der Waals surface area contributed by atoms with Gasteiger partial charge in [0.2, 0.25) is 5.71 Å². The molecule has 0 bridgehead atoms. The molecular formula is C12H11N3O4. The first kappa shape index (κ1) is 14.2. The quantitative estimate of drug-likeness (QED) is 0.468. The molecule has 0 fully saturated rings. The second-order valence-electron chi connectivity index (χ2n) is 3.29. The van der Waals surface area contributed by atoms with Crippen LogP contribution < -0.4 is 5.43 Å². The van der Waals surface area contributed by atoms with Crippen molar-refractivity contribution in [3.8, 4) is 6.07 Å². The van der Waals surface area contributed by atoms with Gasteiger partial charge in [-0.05, 0) is 31.2 Å². The number of nitriles is 1. The largest absolute Gasteiger partial charge is 0.478 e. The normalized spacial score (nSPS) is 10.4. The lowest BCUT2D eigenvalue weighted by atomic mass is 10.2. The Labute approximate surface area is 109 Å². The topological polar surface area (TPSA) is 112 Å². The number of hydrogen-bond acceptors (Lipinski definition) is 6. The maximum absolute atomic E-state index is 11.2. The number of aromatic carboxylic acids is 1. The van der Waals surface area contributed by atoms with Gasteiger partial charge in [-0.2, -0.15) is 10.4 Å². The molecule has 0 heterocycles. The fourth-order valence-electron chi connectivity index (χ4n) is 1.12. The molecule has 1 aromatic carbocycles. The van der Waals surface area contributed by atoms with Crippen LogP contribution in [0.3, 0.4) is 0 Å². The molecule has 98 valence electrons. The van der Waals surface area contributed by atoms with Crippen LogP contribution in [0.2, 0.25) is 0 Å². The van der Waals surface area contributed by atoms with E-state index < -0.39 is 17.7 Å². The highest BCUT2D eigenvalue weighted by Gasteiger charge is 2.11. The number of carboxylic acid groups (broad SMARTS) is 1. The first-order valence-electron chi connectivity index (χ1n) is 5.32. The van der Waals surface area contributed by atoms with Gasteiger partial charge in [0, 0.05) is 0 Å². The van der Waals surface area contributed by atoms with Crippen molar-refractivity contribution < 1.29 is 19.4 Å². The standard InChI is InChI=1S/C12H11N3O4/c1-2-19-12(18)10(7-13)15-14-9-5-3-8(4-6-9)11(16)17/h3-6,14H,2H2,1H3,(H,16,17). The summed E-state index contributed by atoms with van der Waals surface area (Å²) >= 11 is 0. The second kappa shape index (κ2) is 6.76. The molecule has 1 rings (SSSR count). The van der Waals surface area contributed by atoms with Gasteiger partial charge in [0.1, 0.15) is 6.07 Å². The number of rotatable bonds is 5. The van der Waals surface area contributed by atoms with Crippen LogP contribution in [0.1, 0.15) is 17.3 Å². The maximum atomic E-state index is 11.2. The Hall–Kier alpha value is -2.88. The van der Waals surface area contributed by atoms with Crippen molar-refractivity contribution in [1.82, 2.24) is 0 Å². The number of hydrogen-bond donors (Lipinski definition) is 2.